The predicted octanol–water partition coefficient (Wildman–Crippen LogP) is 2.47. The quantitative estimate of drug-likeness (QED) is 0.447. The van der Waals surface area contributed by atoms with Gasteiger partial charge in [0.1, 0.15) is 18.1 Å². The van der Waals surface area contributed by atoms with Gasteiger partial charge in [0, 0.05) is 10.5 Å². The van der Waals surface area contributed by atoms with E-state index >= 15 is 0 Å². The van der Waals surface area contributed by atoms with Gasteiger partial charge in [-0.15, -0.1) is 0 Å². The minimum absolute atomic E-state index is 0.0320. The van der Waals surface area contributed by atoms with E-state index in [0.29, 0.717) is 10.2 Å². The Labute approximate surface area is 181 Å². The monoisotopic (exact) mass is 474 g/mol. The molecule has 0 aliphatic carbocycles. The molecule has 0 aromatic heterocycles. The lowest BCUT2D eigenvalue weighted by molar-refractivity contribution is -0.137. The number of aliphatic hydroxyl groups is 1. The van der Waals surface area contributed by atoms with E-state index in [1.165, 1.54) is 19.2 Å². The summed E-state index contributed by atoms with van der Waals surface area (Å²) >= 11 is 3.38. The third-order valence-corrected chi connectivity index (χ3v) is 4.93. The molecule has 1 aliphatic heterocycles. The Kier molecular flexibility index (Phi) is 6.86. The van der Waals surface area contributed by atoms with E-state index in [4.69, 9.17) is 14.6 Å². The molecule has 0 spiro atoms. The van der Waals surface area contributed by atoms with Crippen LogP contribution in [0.25, 0.3) is 0 Å². The highest BCUT2D eigenvalue weighted by molar-refractivity contribution is 9.10. The zero-order chi connectivity index (χ0) is 21.7. The largest absolute Gasteiger partial charge is 0.487 e. The van der Waals surface area contributed by atoms with Crippen molar-refractivity contribution in [2.24, 2.45) is 0 Å². The topological polar surface area (TPSA) is 105 Å². The Morgan fingerprint density at radius 1 is 1.20 bits per heavy atom. The number of halogens is 1. The minimum atomic E-state index is -0.563. The summed E-state index contributed by atoms with van der Waals surface area (Å²) in [6.45, 7) is -0.212. The molecule has 9 heteroatoms. The molecule has 0 radical (unpaired) electrons. The molecule has 2 amide bonds. The predicted molar refractivity (Wildman–Crippen MR) is 112 cm³/mol. The van der Waals surface area contributed by atoms with Crippen LogP contribution in [0, 0.1) is 0 Å². The maximum Gasteiger partial charge on any atom is 0.338 e. The van der Waals surface area contributed by atoms with E-state index in [2.05, 4.69) is 21.2 Å². The number of hydrogen-bond acceptors (Lipinski definition) is 7. The van der Waals surface area contributed by atoms with Crippen LogP contribution in [-0.2, 0) is 20.9 Å². The van der Waals surface area contributed by atoms with Gasteiger partial charge in [0.05, 0.1) is 31.5 Å². The molecular weight excluding hydrogens is 456 g/mol. The van der Waals surface area contributed by atoms with Crippen LogP contribution in [-0.4, -0.2) is 48.1 Å². The number of ether oxygens (including phenoxy) is 2. The smallest absolute Gasteiger partial charge is 0.338 e. The van der Waals surface area contributed by atoms with Crippen molar-refractivity contribution >= 4 is 39.4 Å². The van der Waals surface area contributed by atoms with Gasteiger partial charge in [-0.25, -0.2) is 4.79 Å². The van der Waals surface area contributed by atoms with Crippen LogP contribution in [0.5, 0.6) is 5.75 Å². The fraction of sp³-hybridized carbons (Fsp3) is 0.190. The summed E-state index contributed by atoms with van der Waals surface area (Å²) in [7, 11) is 1.27. The molecule has 0 bridgehead atoms. The maximum absolute atomic E-state index is 12.5. The summed E-state index contributed by atoms with van der Waals surface area (Å²) < 4.78 is 11.1. The van der Waals surface area contributed by atoms with Crippen LogP contribution in [0.15, 0.2) is 58.7 Å². The molecule has 0 fully saturated rings. The molecule has 0 saturated carbocycles. The average molecular weight is 475 g/mol. The van der Waals surface area contributed by atoms with E-state index in [-0.39, 0.29) is 36.8 Å². The van der Waals surface area contributed by atoms with E-state index in [0.717, 1.165) is 16.5 Å². The number of methoxy groups -OCH3 is 1. The van der Waals surface area contributed by atoms with E-state index in [1.54, 1.807) is 0 Å². The summed E-state index contributed by atoms with van der Waals surface area (Å²) in [5, 5.41) is 12.0. The highest BCUT2D eigenvalue weighted by Crippen LogP contribution is 2.37. The van der Waals surface area contributed by atoms with Crippen molar-refractivity contribution < 1.29 is 29.0 Å². The second-order valence-electron chi connectivity index (χ2n) is 6.30. The summed E-state index contributed by atoms with van der Waals surface area (Å²) in [4.78, 5) is 37.4. The van der Waals surface area contributed by atoms with Gasteiger partial charge in [0.25, 0.3) is 11.8 Å². The van der Waals surface area contributed by atoms with Gasteiger partial charge in [-0.2, -0.15) is 0 Å². The van der Waals surface area contributed by atoms with Crippen molar-refractivity contribution in [3.8, 4) is 5.75 Å². The third-order valence-electron chi connectivity index (χ3n) is 4.30. The highest BCUT2D eigenvalue weighted by atomic mass is 79.9. The first-order chi connectivity index (χ1) is 14.4. The van der Waals surface area contributed by atoms with Crippen molar-refractivity contribution in [2.45, 2.75) is 6.61 Å². The van der Waals surface area contributed by atoms with Crippen molar-refractivity contribution in [1.29, 1.82) is 0 Å². The van der Waals surface area contributed by atoms with Gasteiger partial charge in [0.2, 0.25) is 0 Å². The van der Waals surface area contributed by atoms with Crippen molar-refractivity contribution in [1.82, 2.24) is 4.90 Å². The molecule has 1 aliphatic rings. The number of esters is 1. The molecule has 0 unspecified atom stereocenters. The molecule has 0 saturated heterocycles. The second-order valence-corrected chi connectivity index (χ2v) is 7.15. The van der Waals surface area contributed by atoms with Crippen LogP contribution in [0.4, 0.5) is 5.69 Å². The summed E-state index contributed by atoms with van der Waals surface area (Å²) in [5.41, 5.74) is 1.56. The van der Waals surface area contributed by atoms with Crippen LogP contribution in [0.1, 0.15) is 15.9 Å². The molecule has 8 nitrogen and oxygen atoms in total. The summed E-state index contributed by atoms with van der Waals surface area (Å²) in [6.07, 6.45) is 1.15. The molecule has 2 aromatic carbocycles. The minimum Gasteiger partial charge on any atom is -0.487 e. The zero-order valence-electron chi connectivity index (χ0n) is 16.1. The first-order valence-electron chi connectivity index (χ1n) is 8.98. The van der Waals surface area contributed by atoms with E-state index in [1.807, 2.05) is 30.3 Å². The Balaban J connectivity index is 1.92. The molecular formula is C21H19BrN2O6. The number of nitrogens with one attached hydrogen (secondary N) is 1. The molecule has 1 heterocycles. The molecule has 3 rings (SSSR count). The number of imide groups is 1. The molecule has 30 heavy (non-hydrogen) atoms. The lowest BCUT2D eigenvalue weighted by atomic mass is 10.1. The number of anilines is 1. The fourth-order valence-electron chi connectivity index (χ4n) is 2.83. The van der Waals surface area contributed by atoms with Gasteiger partial charge in [-0.05, 0) is 33.6 Å². The van der Waals surface area contributed by atoms with E-state index in [9.17, 15) is 14.4 Å². The average Bonchev–Trinajstić information content (AvgIpc) is 3.01. The van der Waals surface area contributed by atoms with E-state index < -0.39 is 17.8 Å². The Hall–Kier alpha value is -3.17. The number of nitrogens with zero attached hydrogens (tertiary/aromatic N) is 1. The number of hydrogen-bond donors (Lipinski definition) is 2. The van der Waals surface area contributed by atoms with Gasteiger partial charge in [0.15, 0.2) is 0 Å². The maximum atomic E-state index is 12.5. The number of benzene rings is 2. The van der Waals surface area contributed by atoms with Crippen LogP contribution in [0.2, 0.25) is 0 Å². The SMILES string of the molecule is COC(=O)c1cc(Br)c(NC2=CC(=O)N(CCO)C2=O)c(OCc2ccccc2)c1. The van der Waals surface area contributed by atoms with Crippen molar-refractivity contribution in [3.05, 3.63) is 69.8 Å². The molecule has 156 valence electrons. The number of carbonyl (C=O) groups excluding carboxylic acids is 3. The van der Waals surface area contributed by atoms with Crippen molar-refractivity contribution in [2.75, 3.05) is 25.6 Å². The number of amides is 2. The number of β-amino-alcohol motifs (C(OH)–C–C–N with tert-alkyl or cyclic N) is 1. The highest BCUT2D eigenvalue weighted by Gasteiger charge is 2.31. The van der Waals surface area contributed by atoms with Crippen LogP contribution in [0.3, 0.4) is 0 Å². The normalized spacial score (nSPS) is 13.3. The molecule has 2 N–H and O–H groups in total. The Morgan fingerprint density at radius 3 is 2.60 bits per heavy atom. The van der Waals surface area contributed by atoms with Crippen LogP contribution >= 0.6 is 15.9 Å². The number of rotatable bonds is 8. The molecule has 0 atom stereocenters. The zero-order valence-corrected chi connectivity index (χ0v) is 17.6. The second kappa shape index (κ2) is 9.55. The summed E-state index contributed by atoms with van der Waals surface area (Å²) in [5.74, 6) is -1.35. The first-order valence-corrected chi connectivity index (χ1v) is 9.78. The Morgan fingerprint density at radius 2 is 1.93 bits per heavy atom. The lowest BCUT2D eigenvalue weighted by Gasteiger charge is -2.18. The van der Waals surface area contributed by atoms with Crippen molar-refractivity contribution in [3.63, 3.8) is 0 Å². The van der Waals surface area contributed by atoms with Gasteiger partial charge < -0.3 is 19.9 Å². The standard InChI is InChI=1S/C21H19BrN2O6/c1-29-21(28)14-9-15(22)19(17(10-14)30-12-13-5-3-2-4-6-13)23-16-11-18(26)24(7-8-25)20(16)27/h2-6,9-11,23,25H,7-8,12H2,1H3. The fourth-order valence-corrected chi connectivity index (χ4v) is 3.37. The molecule has 2 aromatic rings. The van der Waals surface area contributed by atoms with Gasteiger partial charge in [-0.1, -0.05) is 30.3 Å². The van der Waals surface area contributed by atoms with Crippen LogP contribution < -0.4 is 10.1 Å². The number of aliphatic hydroxyl groups excluding tert-OH is 1. The summed E-state index contributed by atoms with van der Waals surface area (Å²) in [6, 6.07) is 12.4. The first kappa shape index (κ1) is 21.5. The Bertz CT molecular complexity index is 1010. The lowest BCUT2D eigenvalue weighted by Crippen LogP contribution is -2.34. The van der Waals surface area contributed by atoms with Gasteiger partial charge in [-0.3, -0.25) is 14.5 Å². The van der Waals surface area contributed by atoms with Gasteiger partial charge >= 0.3 is 5.97 Å². The number of carbonyl (C=O) groups is 3. The third kappa shape index (κ3) is 4.69.